The molecule has 100 valence electrons. The van der Waals surface area contributed by atoms with Gasteiger partial charge >= 0.3 is 0 Å². The highest BCUT2D eigenvalue weighted by molar-refractivity contribution is 5.23. The number of hydrogen-bond acceptors (Lipinski definition) is 3. The summed E-state index contributed by atoms with van der Waals surface area (Å²) >= 11 is 0. The Balaban J connectivity index is 1.87. The zero-order valence-corrected chi connectivity index (χ0v) is 11.7. The van der Waals surface area contributed by atoms with Crippen LogP contribution in [0.3, 0.4) is 0 Å². The van der Waals surface area contributed by atoms with Crippen LogP contribution in [-0.4, -0.2) is 24.3 Å². The molecule has 0 aromatic carbocycles. The van der Waals surface area contributed by atoms with E-state index in [0.29, 0.717) is 5.92 Å². The van der Waals surface area contributed by atoms with Gasteiger partial charge in [-0.05, 0) is 40.0 Å². The first-order chi connectivity index (χ1) is 8.44. The predicted octanol–water partition coefficient (Wildman–Crippen LogP) is 2.69. The van der Waals surface area contributed by atoms with Crippen LogP contribution in [0.25, 0.3) is 0 Å². The van der Waals surface area contributed by atoms with Crippen molar-refractivity contribution in [1.29, 1.82) is 0 Å². The van der Waals surface area contributed by atoms with E-state index in [-0.39, 0.29) is 23.9 Å². The highest BCUT2D eigenvalue weighted by Gasteiger charge is 2.60. The van der Waals surface area contributed by atoms with Crippen molar-refractivity contribution >= 4 is 0 Å². The first kappa shape index (κ1) is 12.5. The van der Waals surface area contributed by atoms with Crippen LogP contribution in [0.2, 0.25) is 0 Å². The molecule has 4 atom stereocenters. The van der Waals surface area contributed by atoms with Crippen LogP contribution in [-0.2, 0) is 14.2 Å². The second kappa shape index (κ2) is 3.96. The highest BCUT2D eigenvalue weighted by Crippen LogP contribution is 2.48. The fraction of sp³-hybridized carbons (Fsp3) is 0.867. The van der Waals surface area contributed by atoms with Crippen LogP contribution in [0, 0.1) is 23.2 Å². The summed E-state index contributed by atoms with van der Waals surface area (Å²) in [5.74, 6) is 6.87. The molecular formula is C15H22O3. The van der Waals surface area contributed by atoms with E-state index in [1.165, 1.54) is 12.8 Å². The van der Waals surface area contributed by atoms with E-state index >= 15 is 0 Å². The smallest absolute Gasteiger partial charge is 0.189 e. The minimum absolute atomic E-state index is 0.0660. The van der Waals surface area contributed by atoms with Gasteiger partial charge in [-0.3, -0.25) is 0 Å². The molecule has 3 fully saturated rings. The van der Waals surface area contributed by atoms with Gasteiger partial charge in [0, 0.05) is 5.92 Å². The molecule has 0 radical (unpaired) electrons. The molecule has 0 aromatic heterocycles. The van der Waals surface area contributed by atoms with Gasteiger partial charge in [-0.15, -0.1) is 0 Å². The largest absolute Gasteiger partial charge is 0.345 e. The van der Waals surface area contributed by atoms with E-state index in [9.17, 15) is 0 Å². The Morgan fingerprint density at radius 1 is 1.17 bits per heavy atom. The van der Waals surface area contributed by atoms with Gasteiger partial charge in [0.2, 0.25) is 0 Å². The Kier molecular flexibility index (Phi) is 2.75. The normalized spacial score (nSPS) is 45.4. The lowest BCUT2D eigenvalue weighted by atomic mass is 9.80. The fourth-order valence-corrected chi connectivity index (χ4v) is 2.88. The van der Waals surface area contributed by atoms with Crippen molar-refractivity contribution < 1.29 is 14.2 Å². The molecule has 3 nitrogen and oxygen atoms in total. The molecule has 0 N–H and O–H groups in total. The molecule has 0 bridgehead atoms. The Morgan fingerprint density at radius 3 is 2.50 bits per heavy atom. The lowest BCUT2D eigenvalue weighted by Crippen LogP contribution is -2.38. The quantitative estimate of drug-likeness (QED) is 0.670. The molecule has 18 heavy (non-hydrogen) atoms. The van der Waals surface area contributed by atoms with E-state index in [2.05, 4.69) is 25.7 Å². The van der Waals surface area contributed by atoms with Crippen molar-refractivity contribution in [2.45, 2.75) is 71.2 Å². The summed E-state index contributed by atoms with van der Waals surface area (Å²) in [6.45, 7) is 8.16. The minimum atomic E-state index is -0.559. The summed E-state index contributed by atoms with van der Waals surface area (Å²) in [6.07, 6.45) is 3.22. The molecule has 0 spiro atoms. The zero-order valence-electron chi connectivity index (χ0n) is 11.7. The van der Waals surface area contributed by atoms with Gasteiger partial charge in [-0.25, -0.2) is 0 Å². The van der Waals surface area contributed by atoms with Crippen molar-refractivity contribution in [2.24, 2.45) is 11.3 Å². The predicted molar refractivity (Wildman–Crippen MR) is 67.6 cm³/mol. The first-order valence-electron chi connectivity index (χ1n) is 6.98. The zero-order chi connectivity index (χ0) is 13.0. The third-order valence-corrected chi connectivity index (χ3v) is 4.11. The first-order valence-corrected chi connectivity index (χ1v) is 6.98. The molecule has 0 aromatic rings. The minimum Gasteiger partial charge on any atom is -0.345 e. The monoisotopic (exact) mass is 250 g/mol. The summed E-state index contributed by atoms with van der Waals surface area (Å²) in [5, 5.41) is 0. The molecule has 2 heterocycles. The number of hydrogen-bond donors (Lipinski definition) is 0. The lowest BCUT2D eigenvalue weighted by molar-refractivity contribution is -0.213. The van der Waals surface area contributed by atoms with Gasteiger partial charge < -0.3 is 14.2 Å². The van der Waals surface area contributed by atoms with Gasteiger partial charge in [0.1, 0.15) is 6.10 Å². The molecule has 0 unspecified atom stereocenters. The summed E-state index contributed by atoms with van der Waals surface area (Å²) in [5.41, 5.74) is -0.240. The van der Waals surface area contributed by atoms with E-state index in [1.807, 2.05) is 13.8 Å². The maximum atomic E-state index is 6.02. The number of ether oxygens (including phenoxy) is 3. The van der Waals surface area contributed by atoms with Crippen molar-refractivity contribution in [1.82, 2.24) is 0 Å². The van der Waals surface area contributed by atoms with Gasteiger partial charge in [-0.1, -0.05) is 18.8 Å². The molecule has 2 aliphatic heterocycles. The van der Waals surface area contributed by atoms with Crippen LogP contribution in [0.1, 0.15) is 47.0 Å². The van der Waals surface area contributed by atoms with Crippen molar-refractivity contribution in [3.8, 4) is 11.8 Å². The molecule has 1 aliphatic carbocycles. The van der Waals surface area contributed by atoms with Crippen molar-refractivity contribution in [3.63, 3.8) is 0 Å². The Morgan fingerprint density at radius 2 is 1.89 bits per heavy atom. The Hall–Kier alpha value is -0.560. The van der Waals surface area contributed by atoms with Crippen molar-refractivity contribution in [2.75, 3.05) is 0 Å². The maximum Gasteiger partial charge on any atom is 0.189 e. The van der Waals surface area contributed by atoms with Gasteiger partial charge in [0.15, 0.2) is 12.1 Å². The summed E-state index contributed by atoms with van der Waals surface area (Å²) in [7, 11) is 0. The molecule has 1 saturated carbocycles. The van der Waals surface area contributed by atoms with Crippen LogP contribution in [0.15, 0.2) is 0 Å². The molecule has 3 rings (SSSR count). The second-order valence-corrected chi connectivity index (χ2v) is 6.28. The molecular weight excluding hydrogens is 228 g/mol. The third kappa shape index (κ3) is 1.97. The van der Waals surface area contributed by atoms with Gasteiger partial charge in [0.25, 0.3) is 0 Å². The summed E-state index contributed by atoms with van der Waals surface area (Å²) < 4.78 is 17.8. The SMILES string of the molecule is CC[C@H]1O[C@@H]2OC(C)(C)O[C@@H]2[C@@]1(C)C#CC1CC1. The van der Waals surface area contributed by atoms with Crippen LogP contribution in [0.5, 0.6) is 0 Å². The Labute approximate surface area is 109 Å². The van der Waals surface area contributed by atoms with Crippen LogP contribution in [0.4, 0.5) is 0 Å². The van der Waals surface area contributed by atoms with Gasteiger partial charge in [0.05, 0.1) is 11.5 Å². The molecule has 2 saturated heterocycles. The van der Waals surface area contributed by atoms with E-state index in [4.69, 9.17) is 14.2 Å². The summed E-state index contributed by atoms with van der Waals surface area (Å²) in [6, 6.07) is 0. The Bertz CT molecular complexity index is 402. The second-order valence-electron chi connectivity index (χ2n) is 6.28. The average molecular weight is 250 g/mol. The maximum absolute atomic E-state index is 6.02. The van der Waals surface area contributed by atoms with E-state index < -0.39 is 5.79 Å². The van der Waals surface area contributed by atoms with Crippen LogP contribution >= 0.6 is 0 Å². The summed E-state index contributed by atoms with van der Waals surface area (Å²) in [4.78, 5) is 0. The third-order valence-electron chi connectivity index (χ3n) is 4.11. The molecule has 0 amide bonds. The van der Waals surface area contributed by atoms with E-state index in [0.717, 1.165) is 6.42 Å². The van der Waals surface area contributed by atoms with E-state index in [1.54, 1.807) is 0 Å². The van der Waals surface area contributed by atoms with Gasteiger partial charge in [-0.2, -0.15) is 0 Å². The average Bonchev–Trinajstić information content (AvgIpc) is 3.02. The topological polar surface area (TPSA) is 27.7 Å². The highest BCUT2D eigenvalue weighted by atomic mass is 16.8. The molecule has 3 aliphatic rings. The van der Waals surface area contributed by atoms with Crippen LogP contribution < -0.4 is 0 Å². The standard InChI is InChI=1S/C15H22O3/c1-5-11-15(4,9-8-10-6-7-10)12-13(16-11)18-14(2,3)17-12/h10-13H,5-7H2,1-4H3/t11-,12+,13-,15+/m1/s1. The van der Waals surface area contributed by atoms with Crippen molar-refractivity contribution in [3.05, 3.63) is 0 Å². The number of fused-ring (bicyclic) bond motifs is 1. The fourth-order valence-electron chi connectivity index (χ4n) is 2.88. The number of rotatable bonds is 1. The lowest BCUT2D eigenvalue weighted by Gasteiger charge is -2.30. The molecule has 3 heteroatoms.